The van der Waals surface area contributed by atoms with Gasteiger partial charge < -0.3 is 10.2 Å². The number of nitrogens with one attached hydrogen (secondary N) is 1. The van der Waals surface area contributed by atoms with E-state index in [0.29, 0.717) is 15.9 Å². The summed E-state index contributed by atoms with van der Waals surface area (Å²) >= 11 is 10.7. The van der Waals surface area contributed by atoms with E-state index in [0.717, 1.165) is 10.2 Å². The quantitative estimate of drug-likeness (QED) is 0.671. The monoisotopic (exact) mass is 513 g/mol. The molecule has 2 atom stereocenters. The smallest absolute Gasteiger partial charge is 0.234 e. The Morgan fingerprint density at radius 3 is 2.55 bits per heavy atom. The van der Waals surface area contributed by atoms with Crippen LogP contribution in [0.3, 0.4) is 0 Å². The predicted octanol–water partition coefficient (Wildman–Crippen LogP) is 3.82. The van der Waals surface area contributed by atoms with E-state index in [1.165, 1.54) is 11.8 Å². The van der Waals surface area contributed by atoms with Crippen LogP contribution in [-0.2, 0) is 14.6 Å². The number of hydrogen-bond donors (Lipinski definition) is 1. The van der Waals surface area contributed by atoms with Crippen LogP contribution < -0.4 is 10.2 Å². The summed E-state index contributed by atoms with van der Waals surface area (Å²) in [5.41, 5.74) is 1.53. The molecule has 0 unspecified atom stereocenters. The number of amidine groups is 1. The van der Waals surface area contributed by atoms with Crippen LogP contribution in [0.25, 0.3) is 0 Å². The number of fused-ring (bicyclic) bond motifs is 1. The summed E-state index contributed by atoms with van der Waals surface area (Å²) in [6.07, 6.45) is 0. The zero-order valence-electron chi connectivity index (χ0n) is 15.1. The maximum absolute atomic E-state index is 12.4. The van der Waals surface area contributed by atoms with Gasteiger partial charge in [0.15, 0.2) is 15.0 Å². The summed E-state index contributed by atoms with van der Waals surface area (Å²) in [5, 5.41) is 4.11. The summed E-state index contributed by atoms with van der Waals surface area (Å²) in [6.45, 7) is 0. The first-order valence-electron chi connectivity index (χ1n) is 8.82. The molecule has 1 fully saturated rings. The molecule has 0 radical (unpaired) electrons. The number of rotatable bonds is 4. The second-order valence-electron chi connectivity index (χ2n) is 6.81. The largest absolute Gasteiger partial charge is 0.325 e. The molecule has 0 bridgehead atoms. The van der Waals surface area contributed by atoms with Crippen molar-refractivity contribution in [1.82, 2.24) is 0 Å². The van der Waals surface area contributed by atoms with Crippen molar-refractivity contribution in [2.24, 2.45) is 4.99 Å². The lowest BCUT2D eigenvalue weighted by atomic mass is 10.1. The highest BCUT2D eigenvalue weighted by Crippen LogP contribution is 2.35. The number of aliphatic imine (C=N–C) groups is 1. The Hall–Kier alpha value is -1.55. The molecule has 0 saturated carbocycles. The Bertz CT molecular complexity index is 1060. The van der Waals surface area contributed by atoms with Crippen LogP contribution in [0.15, 0.2) is 58.0 Å². The van der Waals surface area contributed by atoms with E-state index in [-0.39, 0.29) is 35.2 Å². The van der Waals surface area contributed by atoms with E-state index in [4.69, 9.17) is 11.6 Å². The first-order chi connectivity index (χ1) is 13.8. The minimum atomic E-state index is -3.12. The van der Waals surface area contributed by atoms with Crippen molar-refractivity contribution >= 4 is 71.6 Å². The second-order valence-corrected chi connectivity index (χ2v) is 11.3. The van der Waals surface area contributed by atoms with Crippen LogP contribution in [0.4, 0.5) is 11.4 Å². The van der Waals surface area contributed by atoms with E-state index in [1.807, 2.05) is 41.3 Å². The SMILES string of the molecule is O=C(CSC1=N[C@@H]2CS(=O)(=O)C[C@H]2N1c1ccc(Cl)cc1)Nc1ccc(Br)cc1. The Morgan fingerprint density at radius 2 is 1.86 bits per heavy atom. The summed E-state index contributed by atoms with van der Waals surface area (Å²) in [6, 6.07) is 14.0. The molecule has 2 aromatic rings. The van der Waals surface area contributed by atoms with E-state index < -0.39 is 9.84 Å². The van der Waals surface area contributed by atoms with Gasteiger partial charge in [-0.05, 0) is 48.5 Å². The fourth-order valence-electron chi connectivity index (χ4n) is 3.40. The molecule has 1 saturated heterocycles. The zero-order chi connectivity index (χ0) is 20.6. The van der Waals surface area contributed by atoms with Crippen molar-refractivity contribution in [3.05, 3.63) is 58.0 Å². The molecule has 29 heavy (non-hydrogen) atoms. The number of amides is 1. The summed E-state index contributed by atoms with van der Waals surface area (Å²) in [7, 11) is -3.12. The first kappa shape index (κ1) is 20.7. The molecule has 2 aromatic carbocycles. The van der Waals surface area contributed by atoms with Gasteiger partial charge >= 0.3 is 0 Å². The zero-order valence-corrected chi connectivity index (χ0v) is 19.1. The van der Waals surface area contributed by atoms with Crippen molar-refractivity contribution in [1.29, 1.82) is 0 Å². The van der Waals surface area contributed by atoms with E-state index in [1.54, 1.807) is 12.1 Å². The average molecular weight is 515 g/mol. The molecule has 6 nitrogen and oxygen atoms in total. The van der Waals surface area contributed by atoms with Gasteiger partial charge in [-0.3, -0.25) is 9.79 Å². The Labute approximate surface area is 186 Å². The number of carbonyl (C=O) groups excluding carboxylic acids is 1. The number of halogens is 2. The number of thioether (sulfide) groups is 1. The van der Waals surface area contributed by atoms with Gasteiger partial charge in [0.25, 0.3) is 0 Å². The first-order valence-corrected chi connectivity index (χ1v) is 12.8. The third-order valence-electron chi connectivity index (χ3n) is 4.67. The number of hydrogen-bond acceptors (Lipinski definition) is 6. The van der Waals surface area contributed by atoms with E-state index >= 15 is 0 Å². The van der Waals surface area contributed by atoms with Gasteiger partial charge in [-0.25, -0.2) is 8.42 Å². The summed E-state index contributed by atoms with van der Waals surface area (Å²) < 4.78 is 25.1. The molecular weight excluding hydrogens is 498 g/mol. The predicted molar refractivity (Wildman–Crippen MR) is 123 cm³/mol. The van der Waals surface area contributed by atoms with Gasteiger partial charge in [-0.1, -0.05) is 39.3 Å². The fraction of sp³-hybridized carbons (Fsp3) is 0.263. The van der Waals surface area contributed by atoms with Gasteiger partial charge in [0, 0.05) is 20.9 Å². The fourth-order valence-corrected chi connectivity index (χ4v) is 6.55. The molecule has 0 spiro atoms. The Balaban J connectivity index is 1.49. The topological polar surface area (TPSA) is 78.8 Å². The Morgan fingerprint density at radius 1 is 1.17 bits per heavy atom. The van der Waals surface area contributed by atoms with E-state index in [9.17, 15) is 13.2 Å². The van der Waals surface area contributed by atoms with Crippen molar-refractivity contribution < 1.29 is 13.2 Å². The van der Waals surface area contributed by atoms with Crippen molar-refractivity contribution in [2.45, 2.75) is 12.1 Å². The maximum Gasteiger partial charge on any atom is 0.234 e. The van der Waals surface area contributed by atoms with Gasteiger partial charge in [-0.2, -0.15) is 0 Å². The van der Waals surface area contributed by atoms with Gasteiger partial charge in [0.2, 0.25) is 5.91 Å². The van der Waals surface area contributed by atoms with Crippen LogP contribution in [0.5, 0.6) is 0 Å². The molecule has 152 valence electrons. The minimum absolute atomic E-state index is 0.0386. The molecule has 2 aliphatic heterocycles. The lowest BCUT2D eigenvalue weighted by Gasteiger charge is -2.26. The molecule has 0 aliphatic carbocycles. The van der Waals surface area contributed by atoms with Crippen molar-refractivity contribution in [3.63, 3.8) is 0 Å². The van der Waals surface area contributed by atoms with Crippen LogP contribution in [0.1, 0.15) is 0 Å². The van der Waals surface area contributed by atoms with Crippen molar-refractivity contribution in [3.8, 4) is 0 Å². The number of carbonyl (C=O) groups is 1. The number of benzene rings is 2. The lowest BCUT2D eigenvalue weighted by Crippen LogP contribution is -2.39. The number of sulfone groups is 1. The van der Waals surface area contributed by atoms with Crippen molar-refractivity contribution in [2.75, 3.05) is 27.5 Å². The van der Waals surface area contributed by atoms with Gasteiger partial charge in [0.05, 0.1) is 29.3 Å². The lowest BCUT2D eigenvalue weighted by molar-refractivity contribution is -0.113. The van der Waals surface area contributed by atoms with Gasteiger partial charge in [-0.15, -0.1) is 0 Å². The average Bonchev–Trinajstić information content (AvgIpc) is 3.14. The summed E-state index contributed by atoms with van der Waals surface area (Å²) in [4.78, 5) is 18.9. The number of anilines is 2. The Kier molecular flexibility index (Phi) is 5.92. The summed E-state index contributed by atoms with van der Waals surface area (Å²) in [5.74, 6) is 0.113. The number of nitrogens with zero attached hydrogens (tertiary/aromatic N) is 2. The molecule has 1 amide bonds. The molecular formula is C19H17BrClN3O3S2. The highest BCUT2D eigenvalue weighted by molar-refractivity contribution is 9.10. The van der Waals surface area contributed by atoms with E-state index in [2.05, 4.69) is 26.2 Å². The standard InChI is InChI=1S/C19H17BrClN3O3S2/c20-12-1-5-14(6-2-12)22-18(25)9-28-19-23-16-10-29(26,27)11-17(16)24(19)15-7-3-13(21)4-8-15/h1-8,16-17H,9-11H2,(H,22,25)/t16-,17-/m1/s1. The molecule has 2 aliphatic rings. The van der Waals surface area contributed by atoms with Crippen LogP contribution in [0.2, 0.25) is 5.02 Å². The normalized spacial score (nSPS) is 22.3. The molecule has 0 aromatic heterocycles. The highest BCUT2D eigenvalue weighted by atomic mass is 79.9. The third-order valence-corrected chi connectivity index (χ3v) is 8.12. The van der Waals surface area contributed by atoms with Crippen LogP contribution in [-0.4, -0.2) is 48.8 Å². The molecule has 1 N–H and O–H groups in total. The maximum atomic E-state index is 12.4. The minimum Gasteiger partial charge on any atom is -0.325 e. The van der Waals surface area contributed by atoms with Crippen LogP contribution in [0, 0.1) is 0 Å². The molecule has 2 heterocycles. The molecule has 10 heteroatoms. The molecule has 4 rings (SSSR count). The third kappa shape index (κ3) is 4.79. The second kappa shape index (κ2) is 8.29. The highest BCUT2D eigenvalue weighted by Gasteiger charge is 2.47. The van der Waals surface area contributed by atoms with Gasteiger partial charge in [0.1, 0.15) is 0 Å². The van der Waals surface area contributed by atoms with Crippen LogP contribution >= 0.6 is 39.3 Å².